The Hall–Kier alpha value is -2.01. The number of amidine groups is 1. The number of Topliss-reactive ketones (excluding diaryl/α,β-unsaturated/α-hetero) is 1. The van der Waals surface area contributed by atoms with Crippen LogP contribution in [0.5, 0.6) is 0 Å². The number of aromatic nitrogens is 1. The van der Waals surface area contributed by atoms with Crippen LogP contribution in [0.2, 0.25) is 5.15 Å². The van der Waals surface area contributed by atoms with Gasteiger partial charge in [-0.25, -0.2) is 4.98 Å². The van der Waals surface area contributed by atoms with Crippen LogP contribution in [0, 0.1) is 5.41 Å². The van der Waals surface area contributed by atoms with Gasteiger partial charge in [-0.2, -0.15) is 0 Å². The number of halogens is 1. The van der Waals surface area contributed by atoms with Gasteiger partial charge in [0, 0.05) is 24.5 Å². The van der Waals surface area contributed by atoms with Crippen LogP contribution in [0.3, 0.4) is 0 Å². The molecule has 23 heavy (non-hydrogen) atoms. The fraction of sp³-hybridized carbons (Fsp3) is 0.412. The Morgan fingerprint density at radius 2 is 2.22 bits per heavy atom. The van der Waals surface area contributed by atoms with Gasteiger partial charge in [-0.3, -0.25) is 14.8 Å². The lowest BCUT2D eigenvalue weighted by Crippen LogP contribution is -2.48. The molecule has 2 atom stereocenters. The lowest BCUT2D eigenvalue weighted by molar-refractivity contribution is 0.0866. The molecule has 1 aliphatic carbocycles. The van der Waals surface area contributed by atoms with Gasteiger partial charge in [0.05, 0.1) is 22.9 Å². The van der Waals surface area contributed by atoms with Crippen LogP contribution in [0.15, 0.2) is 34.5 Å². The molecule has 1 aromatic heterocycles. The SMILES string of the molecule is CC1CN2C=CN=C(C3(C)CCc4nc(Cl)ccc4C3=O)C2=N1. The lowest BCUT2D eigenvalue weighted by Gasteiger charge is -2.36. The van der Waals surface area contributed by atoms with Crippen LogP contribution < -0.4 is 0 Å². The molecule has 1 aromatic rings. The molecule has 5 nitrogen and oxygen atoms in total. The molecule has 0 bridgehead atoms. The van der Waals surface area contributed by atoms with Crippen molar-refractivity contribution in [1.29, 1.82) is 0 Å². The lowest BCUT2D eigenvalue weighted by atomic mass is 9.69. The summed E-state index contributed by atoms with van der Waals surface area (Å²) in [6.45, 7) is 4.88. The van der Waals surface area contributed by atoms with Crippen LogP contribution in [0.4, 0.5) is 0 Å². The molecule has 0 radical (unpaired) electrons. The molecule has 6 heteroatoms. The number of hydrogen-bond donors (Lipinski definition) is 0. The normalized spacial score (nSPS) is 29.1. The summed E-state index contributed by atoms with van der Waals surface area (Å²) in [4.78, 5) is 28.8. The summed E-state index contributed by atoms with van der Waals surface area (Å²) in [5.74, 6) is 0.889. The van der Waals surface area contributed by atoms with Crippen molar-refractivity contribution in [3.63, 3.8) is 0 Å². The molecule has 0 saturated heterocycles. The van der Waals surface area contributed by atoms with E-state index in [9.17, 15) is 4.79 Å². The van der Waals surface area contributed by atoms with E-state index in [0.717, 1.165) is 23.8 Å². The highest BCUT2D eigenvalue weighted by atomic mass is 35.5. The number of carbonyl (C=O) groups is 1. The number of rotatable bonds is 1. The summed E-state index contributed by atoms with van der Waals surface area (Å²) in [5, 5.41) is 0.429. The van der Waals surface area contributed by atoms with Crippen molar-refractivity contribution in [3.05, 3.63) is 40.9 Å². The van der Waals surface area contributed by atoms with Crippen LogP contribution in [0.1, 0.15) is 36.3 Å². The molecule has 3 aliphatic rings. The molecule has 0 amide bonds. The quantitative estimate of drug-likeness (QED) is 0.745. The molecular formula is C17H17ClN4O. The van der Waals surface area contributed by atoms with Gasteiger partial charge in [-0.1, -0.05) is 11.6 Å². The minimum atomic E-state index is -0.672. The summed E-state index contributed by atoms with van der Waals surface area (Å²) >= 11 is 5.95. The van der Waals surface area contributed by atoms with E-state index in [1.54, 1.807) is 18.3 Å². The van der Waals surface area contributed by atoms with Crippen LogP contribution in [-0.4, -0.2) is 39.8 Å². The van der Waals surface area contributed by atoms with E-state index < -0.39 is 5.41 Å². The fourth-order valence-electron chi connectivity index (χ4n) is 3.54. The molecular weight excluding hydrogens is 312 g/mol. The third-order valence-electron chi connectivity index (χ3n) is 4.81. The minimum absolute atomic E-state index is 0.0548. The molecule has 0 saturated carbocycles. The van der Waals surface area contributed by atoms with Gasteiger partial charge in [0.25, 0.3) is 0 Å². The Balaban J connectivity index is 1.78. The number of fused-ring (bicyclic) bond motifs is 2. The predicted octanol–water partition coefficient (Wildman–Crippen LogP) is 2.90. The highest BCUT2D eigenvalue weighted by Gasteiger charge is 2.47. The van der Waals surface area contributed by atoms with Gasteiger partial charge >= 0.3 is 0 Å². The Kier molecular flexibility index (Phi) is 3.17. The number of nitrogens with zero attached hydrogens (tertiary/aromatic N) is 4. The van der Waals surface area contributed by atoms with Gasteiger partial charge < -0.3 is 4.90 Å². The van der Waals surface area contributed by atoms with Crippen LogP contribution in [0.25, 0.3) is 0 Å². The second kappa shape index (κ2) is 4.99. The average Bonchev–Trinajstić information content (AvgIpc) is 2.91. The van der Waals surface area contributed by atoms with Crippen LogP contribution in [-0.2, 0) is 6.42 Å². The second-order valence-corrected chi connectivity index (χ2v) is 6.91. The first-order chi connectivity index (χ1) is 11.0. The standard InChI is InChI=1S/C17H17ClN4O/c1-10-9-22-8-7-19-14(16(22)20-10)17(2)6-5-12-11(15(17)23)3-4-13(18)21-12/h3-4,7-8,10H,5-6,9H2,1-2H3. The zero-order chi connectivity index (χ0) is 16.2. The topological polar surface area (TPSA) is 57.9 Å². The van der Waals surface area contributed by atoms with Gasteiger partial charge in [0.15, 0.2) is 11.6 Å². The average molecular weight is 329 g/mol. The van der Waals surface area contributed by atoms with Gasteiger partial charge in [0.2, 0.25) is 0 Å². The summed E-state index contributed by atoms with van der Waals surface area (Å²) in [6, 6.07) is 3.67. The van der Waals surface area contributed by atoms with E-state index in [2.05, 4.69) is 26.8 Å². The first kappa shape index (κ1) is 14.6. The van der Waals surface area contributed by atoms with E-state index in [-0.39, 0.29) is 11.8 Å². The van der Waals surface area contributed by atoms with E-state index in [0.29, 0.717) is 23.6 Å². The number of aliphatic imine (C=N–C) groups is 2. The van der Waals surface area contributed by atoms with Crippen molar-refractivity contribution >= 4 is 28.9 Å². The Labute approximate surface area is 139 Å². The van der Waals surface area contributed by atoms with E-state index in [1.165, 1.54) is 0 Å². The van der Waals surface area contributed by atoms with Crippen LogP contribution >= 0.6 is 11.6 Å². The third-order valence-corrected chi connectivity index (χ3v) is 5.02. The molecule has 2 aliphatic heterocycles. The van der Waals surface area contributed by atoms with Crippen molar-refractivity contribution in [2.24, 2.45) is 15.4 Å². The summed E-state index contributed by atoms with van der Waals surface area (Å²) in [6.07, 6.45) is 5.07. The fourth-order valence-corrected chi connectivity index (χ4v) is 3.70. The first-order valence-electron chi connectivity index (χ1n) is 7.79. The summed E-state index contributed by atoms with van der Waals surface area (Å²) in [5.41, 5.74) is 1.54. The number of hydrogen-bond acceptors (Lipinski definition) is 5. The van der Waals surface area contributed by atoms with E-state index >= 15 is 0 Å². The first-order valence-corrected chi connectivity index (χ1v) is 8.17. The van der Waals surface area contributed by atoms with Crippen molar-refractivity contribution in [2.45, 2.75) is 32.7 Å². The summed E-state index contributed by atoms with van der Waals surface area (Å²) in [7, 11) is 0. The smallest absolute Gasteiger partial charge is 0.176 e. The maximum absolute atomic E-state index is 13.2. The molecule has 2 unspecified atom stereocenters. The molecule has 0 spiro atoms. The highest BCUT2D eigenvalue weighted by Crippen LogP contribution is 2.38. The maximum Gasteiger partial charge on any atom is 0.176 e. The van der Waals surface area contributed by atoms with Crippen molar-refractivity contribution in [1.82, 2.24) is 9.88 Å². The van der Waals surface area contributed by atoms with Crippen molar-refractivity contribution < 1.29 is 4.79 Å². The summed E-state index contributed by atoms with van der Waals surface area (Å²) < 4.78 is 0. The maximum atomic E-state index is 13.2. The van der Waals surface area contributed by atoms with Gasteiger partial charge in [0.1, 0.15) is 5.15 Å². The molecule has 0 N–H and O–H groups in total. The van der Waals surface area contributed by atoms with Gasteiger partial charge in [-0.15, -0.1) is 0 Å². The van der Waals surface area contributed by atoms with Gasteiger partial charge in [-0.05, 0) is 38.8 Å². The highest BCUT2D eigenvalue weighted by molar-refractivity contribution is 6.48. The largest absolute Gasteiger partial charge is 0.328 e. The second-order valence-electron chi connectivity index (χ2n) is 6.52. The van der Waals surface area contributed by atoms with E-state index in [4.69, 9.17) is 11.6 Å². The monoisotopic (exact) mass is 328 g/mol. The van der Waals surface area contributed by atoms with Crippen molar-refractivity contribution in [3.8, 4) is 0 Å². The Morgan fingerprint density at radius 1 is 1.39 bits per heavy atom. The zero-order valence-electron chi connectivity index (χ0n) is 13.1. The molecule has 4 rings (SSSR count). The molecule has 0 aromatic carbocycles. The Bertz CT molecular complexity index is 798. The van der Waals surface area contributed by atoms with Crippen molar-refractivity contribution in [2.75, 3.05) is 6.54 Å². The number of pyridine rings is 1. The predicted molar refractivity (Wildman–Crippen MR) is 90.2 cm³/mol. The number of aryl methyl sites for hydroxylation is 1. The molecule has 0 fully saturated rings. The van der Waals surface area contributed by atoms with E-state index in [1.807, 2.05) is 13.1 Å². The number of ketones is 1. The zero-order valence-corrected chi connectivity index (χ0v) is 13.8. The minimum Gasteiger partial charge on any atom is -0.328 e. The molecule has 3 heterocycles. The Morgan fingerprint density at radius 3 is 3.04 bits per heavy atom. The molecule has 118 valence electrons. The third kappa shape index (κ3) is 2.14. The number of carbonyl (C=O) groups excluding carboxylic acids is 1.